The number of fused-ring (bicyclic) bond motifs is 1. The monoisotopic (exact) mass is 385 g/mol. The SMILES string of the molecule is CC(=O)N1CCC[C@@H]1c1ncc2c(n1)CCN(C(=O)[C@@H](C)N1CCCCC1)C2. The first kappa shape index (κ1) is 19.3. The van der Waals surface area contributed by atoms with E-state index in [1.807, 2.05) is 22.9 Å². The number of aromatic nitrogens is 2. The van der Waals surface area contributed by atoms with Crippen molar-refractivity contribution in [3.05, 3.63) is 23.3 Å². The smallest absolute Gasteiger partial charge is 0.239 e. The number of hydrogen-bond donors (Lipinski definition) is 0. The van der Waals surface area contributed by atoms with Crippen molar-refractivity contribution in [2.24, 2.45) is 0 Å². The fourth-order valence-electron chi connectivity index (χ4n) is 4.82. The van der Waals surface area contributed by atoms with Gasteiger partial charge in [0.05, 0.1) is 17.8 Å². The molecule has 0 aromatic carbocycles. The molecule has 0 unspecified atom stereocenters. The molecule has 0 spiro atoms. The van der Waals surface area contributed by atoms with Crippen LogP contribution in [0.2, 0.25) is 0 Å². The predicted molar refractivity (Wildman–Crippen MR) is 105 cm³/mol. The molecule has 2 saturated heterocycles. The van der Waals surface area contributed by atoms with E-state index in [-0.39, 0.29) is 23.9 Å². The van der Waals surface area contributed by atoms with Crippen LogP contribution in [0.25, 0.3) is 0 Å². The molecule has 0 N–H and O–H groups in total. The summed E-state index contributed by atoms with van der Waals surface area (Å²) in [6.45, 7) is 7.80. The Morgan fingerprint density at radius 2 is 1.89 bits per heavy atom. The second kappa shape index (κ2) is 8.15. The second-order valence-corrected chi connectivity index (χ2v) is 8.35. The van der Waals surface area contributed by atoms with Gasteiger partial charge in [-0.15, -0.1) is 0 Å². The van der Waals surface area contributed by atoms with Crippen molar-refractivity contribution in [2.75, 3.05) is 26.2 Å². The van der Waals surface area contributed by atoms with Crippen LogP contribution in [-0.4, -0.2) is 68.7 Å². The summed E-state index contributed by atoms with van der Waals surface area (Å²) in [7, 11) is 0. The molecule has 4 rings (SSSR count). The van der Waals surface area contributed by atoms with Crippen molar-refractivity contribution >= 4 is 11.8 Å². The highest BCUT2D eigenvalue weighted by atomic mass is 16.2. The van der Waals surface area contributed by atoms with Gasteiger partial charge in [0.1, 0.15) is 0 Å². The summed E-state index contributed by atoms with van der Waals surface area (Å²) in [4.78, 5) is 40.4. The highest BCUT2D eigenvalue weighted by Crippen LogP contribution is 2.31. The highest BCUT2D eigenvalue weighted by molar-refractivity contribution is 5.81. The van der Waals surface area contributed by atoms with E-state index >= 15 is 0 Å². The van der Waals surface area contributed by atoms with Gasteiger partial charge < -0.3 is 9.80 Å². The molecule has 2 fully saturated rings. The van der Waals surface area contributed by atoms with E-state index < -0.39 is 0 Å². The number of likely N-dealkylation sites (tertiary alicyclic amines) is 2. The van der Waals surface area contributed by atoms with E-state index in [0.717, 1.165) is 56.0 Å². The van der Waals surface area contributed by atoms with Crippen molar-refractivity contribution in [1.82, 2.24) is 24.7 Å². The summed E-state index contributed by atoms with van der Waals surface area (Å²) in [6, 6.07) is -0.0498. The third kappa shape index (κ3) is 3.77. The van der Waals surface area contributed by atoms with Gasteiger partial charge in [-0.1, -0.05) is 6.42 Å². The third-order valence-corrected chi connectivity index (χ3v) is 6.52. The zero-order chi connectivity index (χ0) is 19.7. The Bertz CT molecular complexity index is 746. The van der Waals surface area contributed by atoms with Gasteiger partial charge in [-0.25, -0.2) is 9.97 Å². The molecule has 4 heterocycles. The molecule has 0 saturated carbocycles. The van der Waals surface area contributed by atoms with Gasteiger partial charge in [0.2, 0.25) is 11.8 Å². The summed E-state index contributed by atoms with van der Waals surface area (Å²) in [6.07, 6.45) is 8.22. The molecule has 28 heavy (non-hydrogen) atoms. The fourth-order valence-corrected chi connectivity index (χ4v) is 4.82. The Labute approximate surface area is 167 Å². The van der Waals surface area contributed by atoms with Crippen LogP contribution in [0.1, 0.15) is 69.1 Å². The summed E-state index contributed by atoms with van der Waals surface area (Å²) < 4.78 is 0. The van der Waals surface area contributed by atoms with Crippen molar-refractivity contribution in [1.29, 1.82) is 0 Å². The van der Waals surface area contributed by atoms with Gasteiger partial charge in [-0.05, 0) is 45.7 Å². The highest BCUT2D eigenvalue weighted by Gasteiger charge is 2.33. The molecular weight excluding hydrogens is 354 g/mol. The quantitative estimate of drug-likeness (QED) is 0.795. The molecule has 3 aliphatic heterocycles. The first-order valence-electron chi connectivity index (χ1n) is 10.7. The number of amides is 2. The standard InChI is InChI=1S/C21H31N5O2/c1-15(24-9-4-3-5-10-24)21(28)25-12-8-18-17(14-25)13-22-20(23-18)19-7-6-11-26(19)16(2)27/h13,15,19H,3-12,14H2,1-2H3/t15-,19-/m1/s1. The molecule has 3 aliphatic rings. The van der Waals surface area contributed by atoms with Gasteiger partial charge in [-0.2, -0.15) is 0 Å². The minimum atomic E-state index is -0.0512. The number of nitrogens with zero attached hydrogens (tertiary/aromatic N) is 5. The Morgan fingerprint density at radius 3 is 2.64 bits per heavy atom. The van der Waals surface area contributed by atoms with Crippen LogP contribution < -0.4 is 0 Å². The lowest BCUT2D eigenvalue weighted by molar-refractivity contribution is -0.137. The summed E-state index contributed by atoms with van der Waals surface area (Å²) in [5, 5.41) is 0. The molecule has 0 aliphatic carbocycles. The summed E-state index contributed by atoms with van der Waals surface area (Å²) >= 11 is 0. The predicted octanol–water partition coefficient (Wildman–Crippen LogP) is 1.92. The van der Waals surface area contributed by atoms with Crippen LogP contribution in [0, 0.1) is 0 Å². The van der Waals surface area contributed by atoms with Crippen molar-refractivity contribution < 1.29 is 9.59 Å². The molecule has 7 heteroatoms. The van der Waals surface area contributed by atoms with Gasteiger partial charge in [0.15, 0.2) is 5.82 Å². The minimum Gasteiger partial charge on any atom is -0.336 e. The maximum Gasteiger partial charge on any atom is 0.239 e. The van der Waals surface area contributed by atoms with Gasteiger partial charge >= 0.3 is 0 Å². The van der Waals surface area contributed by atoms with Crippen LogP contribution in [0.4, 0.5) is 0 Å². The third-order valence-electron chi connectivity index (χ3n) is 6.52. The fraction of sp³-hybridized carbons (Fsp3) is 0.714. The van der Waals surface area contributed by atoms with E-state index in [4.69, 9.17) is 4.98 Å². The topological polar surface area (TPSA) is 69.6 Å². The maximum atomic E-state index is 13.0. The lowest BCUT2D eigenvalue weighted by Gasteiger charge is -2.36. The van der Waals surface area contributed by atoms with Crippen LogP contribution in [-0.2, 0) is 22.6 Å². The number of piperidine rings is 1. The Morgan fingerprint density at radius 1 is 1.11 bits per heavy atom. The van der Waals surface area contributed by atoms with Crippen molar-refractivity contribution in [3.8, 4) is 0 Å². The van der Waals surface area contributed by atoms with Crippen LogP contribution in [0.15, 0.2) is 6.20 Å². The van der Waals surface area contributed by atoms with Gasteiger partial charge in [0.25, 0.3) is 0 Å². The van der Waals surface area contributed by atoms with E-state index in [2.05, 4.69) is 9.88 Å². The van der Waals surface area contributed by atoms with Crippen molar-refractivity contribution in [3.63, 3.8) is 0 Å². The maximum absolute atomic E-state index is 13.0. The number of hydrogen-bond acceptors (Lipinski definition) is 5. The Balaban J connectivity index is 1.44. The van der Waals surface area contributed by atoms with Crippen LogP contribution >= 0.6 is 0 Å². The molecule has 2 amide bonds. The van der Waals surface area contributed by atoms with Crippen LogP contribution in [0.5, 0.6) is 0 Å². The van der Waals surface area contributed by atoms with Crippen LogP contribution in [0.3, 0.4) is 0 Å². The van der Waals surface area contributed by atoms with Gasteiger partial charge in [0, 0.05) is 44.7 Å². The largest absolute Gasteiger partial charge is 0.336 e. The summed E-state index contributed by atoms with van der Waals surface area (Å²) in [5.74, 6) is 1.07. The Kier molecular flexibility index (Phi) is 5.62. The zero-order valence-corrected chi connectivity index (χ0v) is 17.1. The first-order chi connectivity index (χ1) is 13.5. The van der Waals surface area contributed by atoms with Gasteiger partial charge in [-0.3, -0.25) is 14.5 Å². The molecular formula is C21H31N5O2. The second-order valence-electron chi connectivity index (χ2n) is 8.35. The molecule has 0 bridgehead atoms. The average molecular weight is 386 g/mol. The lowest BCUT2D eigenvalue weighted by Crippen LogP contribution is -2.50. The van der Waals surface area contributed by atoms with E-state index in [9.17, 15) is 9.59 Å². The molecule has 1 aromatic rings. The molecule has 152 valence electrons. The molecule has 7 nitrogen and oxygen atoms in total. The number of carbonyl (C=O) groups excluding carboxylic acids is 2. The van der Waals surface area contributed by atoms with Crippen molar-refractivity contribution in [2.45, 2.75) is 71.0 Å². The molecule has 1 aromatic heterocycles. The number of carbonyl (C=O) groups is 2. The van der Waals surface area contributed by atoms with E-state index in [1.54, 1.807) is 6.92 Å². The zero-order valence-electron chi connectivity index (χ0n) is 17.1. The Hall–Kier alpha value is -2.02. The molecule has 2 atom stereocenters. The minimum absolute atomic E-state index is 0.00147. The summed E-state index contributed by atoms with van der Waals surface area (Å²) in [5.41, 5.74) is 2.08. The van der Waals surface area contributed by atoms with E-state index in [0.29, 0.717) is 13.1 Å². The van der Waals surface area contributed by atoms with E-state index in [1.165, 1.54) is 19.3 Å². The number of rotatable bonds is 3. The first-order valence-corrected chi connectivity index (χ1v) is 10.7. The average Bonchev–Trinajstić information content (AvgIpc) is 3.23. The lowest BCUT2D eigenvalue weighted by atomic mass is 10.0. The molecule has 0 radical (unpaired) electrons. The normalized spacial score (nSPS) is 24.1.